The fourth-order valence-electron chi connectivity index (χ4n) is 4.59. The molecule has 4 rings (SSSR count). The number of carbonyl (C=O) groups excluding carboxylic acids is 2. The number of methoxy groups -OCH3 is 1. The van der Waals surface area contributed by atoms with Crippen molar-refractivity contribution in [1.29, 1.82) is 0 Å². The van der Waals surface area contributed by atoms with E-state index in [1.807, 2.05) is 0 Å². The summed E-state index contributed by atoms with van der Waals surface area (Å²) in [7, 11) is 1.43. The maximum Gasteiger partial charge on any atom is 0.430 e. The van der Waals surface area contributed by atoms with Crippen LogP contribution in [0.2, 0.25) is 0 Å². The topological polar surface area (TPSA) is 114 Å². The van der Waals surface area contributed by atoms with Gasteiger partial charge in [0, 0.05) is 35.7 Å². The number of aryl methyl sites for hydroxylation is 1. The summed E-state index contributed by atoms with van der Waals surface area (Å²) >= 11 is 0. The van der Waals surface area contributed by atoms with Crippen LogP contribution in [0.1, 0.15) is 42.5 Å². The van der Waals surface area contributed by atoms with E-state index < -0.39 is 41.0 Å². The number of imide groups is 1. The number of hydrogen-bond donors (Lipinski definition) is 2. The van der Waals surface area contributed by atoms with Gasteiger partial charge in [0.05, 0.1) is 13.7 Å². The fraction of sp³-hybridized carbons (Fsp3) is 0.357. The van der Waals surface area contributed by atoms with Gasteiger partial charge in [-0.15, -0.1) is 0 Å². The summed E-state index contributed by atoms with van der Waals surface area (Å²) < 4.78 is 91.2. The number of pyridine rings is 2. The van der Waals surface area contributed by atoms with Gasteiger partial charge in [-0.1, -0.05) is 19.4 Å². The number of carbonyl (C=O) groups is 2. The van der Waals surface area contributed by atoms with Gasteiger partial charge in [0.15, 0.2) is 0 Å². The number of alkyl halides is 6. The summed E-state index contributed by atoms with van der Waals surface area (Å²) in [4.78, 5) is 35.1. The van der Waals surface area contributed by atoms with Crippen LogP contribution in [-0.2, 0) is 28.9 Å². The molecule has 1 aliphatic heterocycles. The van der Waals surface area contributed by atoms with Gasteiger partial charge in [0.1, 0.15) is 11.3 Å². The van der Waals surface area contributed by atoms with Gasteiger partial charge in [-0.25, -0.2) is 14.8 Å². The summed E-state index contributed by atoms with van der Waals surface area (Å²) in [6.07, 6.45) is -9.01. The lowest BCUT2D eigenvalue weighted by Crippen LogP contribution is -2.53. The summed E-state index contributed by atoms with van der Waals surface area (Å²) in [5.41, 5.74) is -7.12. The zero-order chi connectivity index (χ0) is 31.8. The Morgan fingerprint density at radius 3 is 2.26 bits per heavy atom. The smallest absolute Gasteiger partial charge is 0.430 e. The number of nitrogens with one attached hydrogen (secondary N) is 1. The molecular formula is C28H26F6N4O5. The Bertz CT molecular complexity index is 1500. The van der Waals surface area contributed by atoms with Crippen LogP contribution in [0.3, 0.4) is 0 Å². The number of ether oxygens (including phenoxy) is 2. The molecule has 0 radical (unpaired) electrons. The first kappa shape index (κ1) is 31.5. The van der Waals surface area contributed by atoms with Crippen molar-refractivity contribution in [3.8, 4) is 17.5 Å². The van der Waals surface area contributed by atoms with Crippen LogP contribution in [0, 0.1) is 0 Å². The second-order valence-electron chi connectivity index (χ2n) is 9.92. The fourth-order valence-corrected chi connectivity index (χ4v) is 4.59. The van der Waals surface area contributed by atoms with E-state index >= 15 is 0 Å². The van der Waals surface area contributed by atoms with Crippen LogP contribution in [0.4, 0.5) is 31.1 Å². The molecule has 15 heteroatoms. The number of urea groups is 1. The minimum atomic E-state index is -6.04. The Morgan fingerprint density at radius 1 is 0.977 bits per heavy atom. The number of hydrogen-bond acceptors (Lipinski definition) is 7. The summed E-state index contributed by atoms with van der Waals surface area (Å²) in [5, 5.41) is 12.4. The lowest BCUT2D eigenvalue weighted by Gasteiger charge is -2.33. The third-order valence-electron chi connectivity index (χ3n) is 6.97. The summed E-state index contributed by atoms with van der Waals surface area (Å²) in [5.74, 6) is -0.431. The molecule has 3 heterocycles. The second kappa shape index (κ2) is 11.4. The standard InChI is InChI=1S/C28H26F6N4O5/c1-4-5-17-13-18(26(41,27(29,30)31)28(32,33)34)6-8-20(17)43-22-12-16(10-11-35-22)15-38-23(39)25(2,37-24(38)40)19-7-9-21(42-3)36-14-19/h6-14,41H,4-5,15H2,1-3H3,(H,37,40). The van der Waals surface area contributed by atoms with Gasteiger partial charge in [0.2, 0.25) is 11.8 Å². The van der Waals surface area contributed by atoms with Crippen molar-refractivity contribution >= 4 is 11.9 Å². The maximum absolute atomic E-state index is 13.4. The Kier molecular flexibility index (Phi) is 8.33. The van der Waals surface area contributed by atoms with Gasteiger partial charge >= 0.3 is 18.4 Å². The third kappa shape index (κ3) is 5.81. The van der Waals surface area contributed by atoms with Gasteiger partial charge < -0.3 is 19.9 Å². The molecule has 9 nitrogen and oxygen atoms in total. The van der Waals surface area contributed by atoms with Crippen LogP contribution in [0.5, 0.6) is 17.5 Å². The van der Waals surface area contributed by atoms with Gasteiger partial charge in [0.25, 0.3) is 11.5 Å². The first-order valence-corrected chi connectivity index (χ1v) is 12.8. The highest BCUT2D eigenvalue weighted by Gasteiger charge is 2.71. The monoisotopic (exact) mass is 612 g/mol. The van der Waals surface area contributed by atoms with Crippen molar-refractivity contribution in [2.24, 2.45) is 0 Å². The highest BCUT2D eigenvalue weighted by Crippen LogP contribution is 2.50. The van der Waals surface area contributed by atoms with E-state index in [9.17, 15) is 41.0 Å². The third-order valence-corrected chi connectivity index (χ3v) is 6.97. The van der Waals surface area contributed by atoms with Crippen molar-refractivity contribution in [2.45, 2.75) is 56.7 Å². The van der Waals surface area contributed by atoms with Crippen molar-refractivity contribution in [3.05, 3.63) is 77.1 Å². The quantitative estimate of drug-likeness (QED) is 0.242. The molecule has 0 saturated carbocycles. The molecule has 3 aromatic rings. The zero-order valence-corrected chi connectivity index (χ0v) is 23.0. The lowest BCUT2D eigenvalue weighted by atomic mass is 9.90. The van der Waals surface area contributed by atoms with E-state index in [1.165, 1.54) is 38.6 Å². The van der Waals surface area contributed by atoms with E-state index in [4.69, 9.17) is 9.47 Å². The molecule has 0 aliphatic carbocycles. The van der Waals surface area contributed by atoms with Crippen LogP contribution in [-0.4, -0.2) is 51.4 Å². The molecule has 1 saturated heterocycles. The van der Waals surface area contributed by atoms with Crippen LogP contribution >= 0.6 is 0 Å². The van der Waals surface area contributed by atoms with Crippen molar-refractivity contribution < 1.29 is 50.5 Å². The average molecular weight is 613 g/mol. The zero-order valence-electron chi connectivity index (χ0n) is 23.0. The number of halogens is 6. The number of nitrogens with zero attached hydrogens (tertiary/aromatic N) is 3. The largest absolute Gasteiger partial charge is 0.481 e. The molecule has 1 unspecified atom stereocenters. The molecule has 0 bridgehead atoms. The van der Waals surface area contributed by atoms with Crippen LogP contribution in [0.25, 0.3) is 0 Å². The Hall–Kier alpha value is -4.40. The van der Waals surface area contributed by atoms with Gasteiger partial charge in [-0.3, -0.25) is 9.69 Å². The van der Waals surface area contributed by atoms with E-state index in [-0.39, 0.29) is 30.2 Å². The molecule has 1 aliphatic rings. The molecule has 230 valence electrons. The predicted octanol–water partition coefficient (Wildman–Crippen LogP) is 5.51. The first-order chi connectivity index (χ1) is 20.0. The highest BCUT2D eigenvalue weighted by molar-refractivity contribution is 6.07. The molecule has 1 atom stereocenters. The summed E-state index contributed by atoms with van der Waals surface area (Å²) in [6.45, 7) is 2.98. The number of aliphatic hydroxyl groups is 1. The summed E-state index contributed by atoms with van der Waals surface area (Å²) in [6, 6.07) is 7.31. The minimum Gasteiger partial charge on any atom is -0.481 e. The Balaban J connectivity index is 1.58. The molecular weight excluding hydrogens is 586 g/mol. The SMILES string of the molecule is CCCc1cc(C(O)(C(F)(F)F)C(F)(F)F)ccc1Oc1cc(CN2C(=O)NC(C)(c3ccc(OC)nc3)C2=O)ccn1. The second-order valence-corrected chi connectivity index (χ2v) is 9.92. The van der Waals surface area contributed by atoms with Crippen LogP contribution in [0.15, 0.2) is 54.9 Å². The average Bonchev–Trinajstić information content (AvgIpc) is 3.16. The number of amides is 3. The number of rotatable bonds is 9. The van der Waals surface area contributed by atoms with Gasteiger partial charge in [-0.05, 0) is 48.7 Å². The molecule has 3 amide bonds. The molecule has 1 aromatic carbocycles. The van der Waals surface area contributed by atoms with E-state index in [0.717, 1.165) is 11.0 Å². The van der Waals surface area contributed by atoms with Gasteiger partial charge in [-0.2, -0.15) is 26.3 Å². The molecule has 0 spiro atoms. The van der Waals surface area contributed by atoms with E-state index in [0.29, 0.717) is 35.6 Å². The van der Waals surface area contributed by atoms with Crippen molar-refractivity contribution in [2.75, 3.05) is 7.11 Å². The lowest BCUT2D eigenvalue weighted by molar-refractivity contribution is -0.376. The predicted molar refractivity (Wildman–Crippen MR) is 138 cm³/mol. The van der Waals surface area contributed by atoms with Crippen molar-refractivity contribution in [1.82, 2.24) is 20.2 Å². The van der Waals surface area contributed by atoms with E-state index in [1.54, 1.807) is 19.1 Å². The van der Waals surface area contributed by atoms with E-state index in [2.05, 4.69) is 15.3 Å². The molecule has 1 fully saturated rings. The minimum absolute atomic E-state index is 0.0237. The molecule has 2 aromatic heterocycles. The maximum atomic E-state index is 13.4. The first-order valence-electron chi connectivity index (χ1n) is 12.8. The Morgan fingerprint density at radius 2 is 1.67 bits per heavy atom. The highest BCUT2D eigenvalue weighted by atomic mass is 19.4. The van der Waals surface area contributed by atoms with Crippen molar-refractivity contribution in [3.63, 3.8) is 0 Å². The number of aromatic nitrogens is 2. The van der Waals surface area contributed by atoms with Crippen LogP contribution < -0.4 is 14.8 Å². The Labute approximate surface area is 241 Å². The normalized spacial score (nSPS) is 17.7. The molecule has 43 heavy (non-hydrogen) atoms. The molecule has 2 N–H and O–H groups in total. The number of benzene rings is 1.